The van der Waals surface area contributed by atoms with Crippen molar-refractivity contribution in [2.24, 2.45) is 0 Å². The first-order valence-corrected chi connectivity index (χ1v) is 3.33. The number of rotatable bonds is 1. The van der Waals surface area contributed by atoms with E-state index in [0.717, 1.165) is 5.71 Å². The maximum atomic E-state index is 4.90. The molecule has 0 fully saturated rings. The quantitative estimate of drug-likeness (QED) is 0.191. The third kappa shape index (κ3) is 4.11. The van der Waals surface area contributed by atoms with E-state index in [1.807, 2.05) is 20.9 Å². The molecule has 0 saturated heterocycles. The van der Waals surface area contributed by atoms with Gasteiger partial charge in [0.2, 0.25) is 0 Å². The first-order valence-electron chi connectivity index (χ1n) is 2.97. The first-order chi connectivity index (χ1) is 4.09. The van der Waals surface area contributed by atoms with Crippen LogP contribution in [0.1, 0.15) is 20.8 Å². The summed E-state index contributed by atoms with van der Waals surface area (Å²) in [5.41, 5.74) is 2.39. The monoisotopic (exact) mass is 150 g/mol. The van der Waals surface area contributed by atoms with Gasteiger partial charge in [-0.2, -0.15) is 0 Å². The van der Waals surface area contributed by atoms with Gasteiger partial charge < -0.3 is 16.8 Å². The van der Waals surface area contributed by atoms with Crippen LogP contribution in [0.3, 0.4) is 0 Å². The van der Waals surface area contributed by atoms with Gasteiger partial charge in [-0.1, -0.05) is 6.08 Å². The molecule has 0 saturated carbocycles. The van der Waals surface area contributed by atoms with Crippen LogP contribution in [0.4, 0.5) is 0 Å². The van der Waals surface area contributed by atoms with Crippen molar-refractivity contribution in [2.45, 2.75) is 20.8 Å². The van der Waals surface area contributed by atoms with Crippen molar-refractivity contribution in [2.75, 3.05) is 7.05 Å². The Morgan fingerprint density at radius 2 is 1.80 bits per heavy atom. The van der Waals surface area contributed by atoms with Crippen LogP contribution < -0.4 is 18.9 Å². The molecular formula is C7H13LiNS+. The summed E-state index contributed by atoms with van der Waals surface area (Å²) in [5, 5.41) is 0. The van der Waals surface area contributed by atoms with Gasteiger partial charge in [-0.05, 0) is 13.8 Å². The van der Waals surface area contributed by atoms with Gasteiger partial charge in [0, 0.05) is 12.5 Å². The van der Waals surface area contributed by atoms with E-state index < -0.39 is 0 Å². The van der Waals surface area contributed by atoms with Crippen molar-refractivity contribution in [1.82, 2.24) is 0 Å². The summed E-state index contributed by atoms with van der Waals surface area (Å²) in [5.74, 6) is 0. The molecule has 0 aliphatic carbocycles. The minimum absolute atomic E-state index is 0. The Kier molecular flexibility index (Phi) is 7.68. The summed E-state index contributed by atoms with van der Waals surface area (Å²) in [7, 11) is 1.87. The van der Waals surface area contributed by atoms with Crippen molar-refractivity contribution in [3.63, 3.8) is 0 Å². The molecule has 0 spiro atoms. The molecule has 0 amide bonds. The average molecular weight is 150 g/mol. The first kappa shape index (κ1) is 12.9. The molecular weight excluding hydrogens is 137 g/mol. The van der Waals surface area contributed by atoms with E-state index in [1.165, 1.54) is 5.57 Å². The van der Waals surface area contributed by atoms with Gasteiger partial charge in [0.05, 0.1) is 0 Å². The molecule has 0 N–H and O–H groups in total. The van der Waals surface area contributed by atoms with Crippen molar-refractivity contribution in [3.8, 4) is 0 Å². The zero-order valence-electron chi connectivity index (χ0n) is 7.43. The van der Waals surface area contributed by atoms with E-state index in [1.54, 1.807) is 3.98 Å². The summed E-state index contributed by atoms with van der Waals surface area (Å²) in [6.45, 7) is 6.08. The minimum Gasteiger partial charge on any atom is -0.434 e. The van der Waals surface area contributed by atoms with Crippen molar-refractivity contribution >= 4 is 18.5 Å². The fourth-order valence-corrected chi connectivity index (χ4v) is 0.601. The largest absolute Gasteiger partial charge is 1.00 e. The molecule has 0 aromatic rings. The second kappa shape index (κ2) is 5.97. The zero-order chi connectivity index (χ0) is 7.44. The second-order valence-electron chi connectivity index (χ2n) is 2.05. The summed E-state index contributed by atoms with van der Waals surface area (Å²) >= 11 is 4.90. The summed E-state index contributed by atoms with van der Waals surface area (Å²) in [6.07, 6.45) is 2.05. The molecule has 0 aliphatic rings. The SMILES string of the molecule is C/C=C(C)\C(C)=[N+](/C)[S-].[Li+]. The average Bonchev–Trinajstić information content (AvgIpc) is 1.84. The number of hydrogen-bond donors (Lipinski definition) is 0. The van der Waals surface area contributed by atoms with Crippen molar-refractivity contribution in [3.05, 3.63) is 11.6 Å². The molecule has 0 aromatic heterocycles. The Balaban J connectivity index is 0. The van der Waals surface area contributed by atoms with Gasteiger partial charge in [-0.3, -0.25) is 0 Å². The third-order valence-corrected chi connectivity index (χ3v) is 1.75. The second-order valence-corrected chi connectivity index (χ2v) is 2.60. The molecule has 0 aromatic carbocycles. The van der Waals surface area contributed by atoms with Crippen LogP contribution in [0, 0.1) is 0 Å². The molecule has 52 valence electrons. The van der Waals surface area contributed by atoms with Crippen LogP contribution in [0.25, 0.3) is 0 Å². The molecule has 0 rings (SSSR count). The van der Waals surface area contributed by atoms with Crippen LogP contribution in [-0.4, -0.2) is 16.7 Å². The van der Waals surface area contributed by atoms with Crippen LogP contribution in [-0.2, 0) is 12.8 Å². The summed E-state index contributed by atoms with van der Waals surface area (Å²) < 4.78 is 1.70. The van der Waals surface area contributed by atoms with Crippen molar-refractivity contribution in [1.29, 1.82) is 0 Å². The Morgan fingerprint density at radius 1 is 1.40 bits per heavy atom. The fraction of sp³-hybridized carbons (Fsp3) is 0.571. The molecule has 0 radical (unpaired) electrons. The van der Waals surface area contributed by atoms with Gasteiger partial charge in [0.15, 0.2) is 5.71 Å². The Labute approximate surface area is 80.9 Å². The topological polar surface area (TPSA) is 3.01 Å². The summed E-state index contributed by atoms with van der Waals surface area (Å²) in [6, 6.07) is 0. The molecule has 0 heterocycles. The van der Waals surface area contributed by atoms with Crippen molar-refractivity contribution < 1.29 is 22.8 Å². The van der Waals surface area contributed by atoms with Gasteiger partial charge >= 0.3 is 18.9 Å². The molecule has 0 bridgehead atoms. The van der Waals surface area contributed by atoms with Gasteiger partial charge in [0.25, 0.3) is 0 Å². The van der Waals surface area contributed by atoms with Crippen LogP contribution in [0.5, 0.6) is 0 Å². The molecule has 10 heavy (non-hydrogen) atoms. The normalized spacial score (nSPS) is 13.8. The number of hydrogen-bond acceptors (Lipinski definition) is 1. The maximum absolute atomic E-state index is 4.90. The number of allylic oxidation sites excluding steroid dienone is 2. The molecule has 3 heteroatoms. The van der Waals surface area contributed by atoms with E-state index in [4.69, 9.17) is 12.8 Å². The Hall–Kier alpha value is 0.227. The van der Waals surface area contributed by atoms with E-state index in [0.29, 0.717) is 0 Å². The molecule has 1 nitrogen and oxygen atoms in total. The molecule has 0 aliphatic heterocycles. The maximum Gasteiger partial charge on any atom is 1.00 e. The van der Waals surface area contributed by atoms with Crippen LogP contribution in [0.2, 0.25) is 0 Å². The zero-order valence-corrected chi connectivity index (χ0v) is 8.25. The molecule has 0 atom stereocenters. The number of nitrogens with zero attached hydrogens (tertiary/aromatic N) is 1. The predicted octanol–water partition coefficient (Wildman–Crippen LogP) is -1.48. The van der Waals surface area contributed by atoms with Gasteiger partial charge in [-0.25, -0.2) is 0 Å². The summed E-state index contributed by atoms with van der Waals surface area (Å²) in [4.78, 5) is 0. The predicted molar refractivity (Wildman–Crippen MR) is 43.7 cm³/mol. The van der Waals surface area contributed by atoms with Gasteiger partial charge in [-0.15, -0.1) is 0 Å². The third-order valence-electron chi connectivity index (χ3n) is 1.48. The fourth-order valence-electron chi connectivity index (χ4n) is 0.457. The van der Waals surface area contributed by atoms with Crippen LogP contribution >= 0.6 is 0 Å². The van der Waals surface area contributed by atoms with E-state index >= 15 is 0 Å². The smallest absolute Gasteiger partial charge is 0.434 e. The van der Waals surface area contributed by atoms with E-state index in [-0.39, 0.29) is 18.9 Å². The van der Waals surface area contributed by atoms with Gasteiger partial charge in [0.1, 0.15) is 7.05 Å². The Bertz CT molecular complexity index is 157. The standard InChI is InChI=1S/C7H13NS.Li/c1-5-6(2)7(3)8(4)9;/h5H,1-4H3;/q;+1/b6-5-,8-7+;. The Morgan fingerprint density at radius 3 is 1.90 bits per heavy atom. The van der Waals surface area contributed by atoms with Crippen LogP contribution in [0.15, 0.2) is 11.6 Å². The minimum atomic E-state index is 0. The van der Waals surface area contributed by atoms with E-state index in [2.05, 4.69) is 13.0 Å². The molecule has 0 unspecified atom stereocenters. The van der Waals surface area contributed by atoms with E-state index in [9.17, 15) is 0 Å².